The fraction of sp³-hybridized carbons (Fsp3) is 1.00. The van der Waals surface area contributed by atoms with E-state index in [1.54, 1.807) is 0 Å². The first-order chi connectivity index (χ1) is 6.99. The van der Waals surface area contributed by atoms with Crippen molar-refractivity contribution in [1.82, 2.24) is 5.32 Å². The van der Waals surface area contributed by atoms with Crippen LogP contribution in [0.3, 0.4) is 0 Å². The van der Waals surface area contributed by atoms with Gasteiger partial charge in [0.25, 0.3) is 0 Å². The zero-order chi connectivity index (χ0) is 10.9. The first kappa shape index (κ1) is 10.1. The fourth-order valence-electron chi connectivity index (χ4n) is 5.71. The SMILES string of the molecule is CN[C@@H]1C2(CCC2)[C@@H]2CC[C@@]1(C)C2(C)C. The second kappa shape index (κ2) is 2.61. The third-order valence-electron chi connectivity index (χ3n) is 6.77. The maximum Gasteiger partial charge on any atom is 0.0182 e. The quantitative estimate of drug-likeness (QED) is 0.696. The molecule has 0 aromatic carbocycles. The molecule has 2 bridgehead atoms. The molecule has 0 aliphatic heterocycles. The highest BCUT2D eigenvalue weighted by Gasteiger charge is 2.72. The molecule has 86 valence electrons. The summed E-state index contributed by atoms with van der Waals surface area (Å²) in [4.78, 5) is 0. The highest BCUT2D eigenvalue weighted by atomic mass is 15.0. The van der Waals surface area contributed by atoms with Crippen molar-refractivity contribution in [2.45, 2.75) is 58.9 Å². The van der Waals surface area contributed by atoms with Gasteiger partial charge in [0.05, 0.1) is 0 Å². The molecule has 3 atom stereocenters. The molecular formula is C14H25N. The Morgan fingerprint density at radius 3 is 2.13 bits per heavy atom. The first-order valence-electron chi connectivity index (χ1n) is 6.66. The second-order valence-electron chi connectivity index (χ2n) is 7.04. The van der Waals surface area contributed by atoms with E-state index in [1.165, 1.54) is 32.1 Å². The lowest BCUT2D eigenvalue weighted by Crippen LogP contribution is -2.55. The number of rotatable bonds is 1. The van der Waals surface area contributed by atoms with Gasteiger partial charge in [-0.3, -0.25) is 0 Å². The summed E-state index contributed by atoms with van der Waals surface area (Å²) in [5.41, 5.74) is 1.79. The minimum Gasteiger partial charge on any atom is -0.316 e. The van der Waals surface area contributed by atoms with Gasteiger partial charge in [0, 0.05) is 6.04 Å². The van der Waals surface area contributed by atoms with Crippen molar-refractivity contribution in [2.75, 3.05) is 7.05 Å². The topological polar surface area (TPSA) is 12.0 Å². The standard InChI is InChI=1S/C14H25N/c1-12(2)10-6-9-13(12,3)11(15-4)14(10)7-5-8-14/h10-11,15H,5-9H2,1-4H3/t10-,11+,13-/m1/s1. The zero-order valence-electron chi connectivity index (χ0n) is 10.7. The average molecular weight is 207 g/mol. The lowest BCUT2D eigenvalue weighted by molar-refractivity contribution is 0.000768. The van der Waals surface area contributed by atoms with Crippen molar-refractivity contribution in [3.63, 3.8) is 0 Å². The van der Waals surface area contributed by atoms with Crippen LogP contribution in [-0.2, 0) is 0 Å². The number of hydrogen-bond donors (Lipinski definition) is 1. The number of fused-ring (bicyclic) bond motifs is 3. The van der Waals surface area contributed by atoms with Gasteiger partial charge >= 0.3 is 0 Å². The van der Waals surface area contributed by atoms with Gasteiger partial charge in [-0.2, -0.15) is 0 Å². The van der Waals surface area contributed by atoms with Gasteiger partial charge < -0.3 is 5.32 Å². The van der Waals surface area contributed by atoms with E-state index in [1.807, 2.05) is 0 Å². The molecule has 3 fully saturated rings. The molecule has 3 rings (SSSR count). The summed E-state index contributed by atoms with van der Waals surface area (Å²) in [5.74, 6) is 0.987. The Balaban J connectivity index is 2.08. The lowest BCUT2D eigenvalue weighted by atomic mass is 9.55. The van der Waals surface area contributed by atoms with Gasteiger partial charge in [-0.05, 0) is 54.9 Å². The molecule has 0 aromatic heterocycles. The minimum absolute atomic E-state index is 0.548. The van der Waals surface area contributed by atoms with E-state index in [-0.39, 0.29) is 0 Å². The highest BCUT2D eigenvalue weighted by molar-refractivity contribution is 5.24. The Morgan fingerprint density at radius 1 is 1.07 bits per heavy atom. The maximum absolute atomic E-state index is 3.68. The van der Waals surface area contributed by atoms with Crippen molar-refractivity contribution in [3.05, 3.63) is 0 Å². The van der Waals surface area contributed by atoms with Crippen LogP contribution in [0.2, 0.25) is 0 Å². The fourth-order valence-corrected chi connectivity index (χ4v) is 5.71. The lowest BCUT2D eigenvalue weighted by Gasteiger charge is -2.53. The molecule has 0 heterocycles. The first-order valence-corrected chi connectivity index (χ1v) is 6.66. The van der Waals surface area contributed by atoms with Crippen LogP contribution in [0.5, 0.6) is 0 Å². The van der Waals surface area contributed by atoms with Crippen LogP contribution in [-0.4, -0.2) is 13.1 Å². The van der Waals surface area contributed by atoms with Crippen LogP contribution in [0.4, 0.5) is 0 Å². The maximum atomic E-state index is 3.68. The summed E-state index contributed by atoms with van der Waals surface area (Å²) < 4.78 is 0. The third kappa shape index (κ3) is 0.833. The van der Waals surface area contributed by atoms with E-state index in [4.69, 9.17) is 0 Å². The Labute approximate surface area is 94.0 Å². The Bertz CT molecular complexity index is 290. The van der Waals surface area contributed by atoms with Crippen LogP contribution in [0.1, 0.15) is 52.9 Å². The van der Waals surface area contributed by atoms with Crippen LogP contribution in [0, 0.1) is 22.2 Å². The van der Waals surface area contributed by atoms with Gasteiger partial charge in [-0.25, -0.2) is 0 Å². The Morgan fingerprint density at radius 2 is 1.73 bits per heavy atom. The monoisotopic (exact) mass is 207 g/mol. The second-order valence-corrected chi connectivity index (χ2v) is 7.04. The van der Waals surface area contributed by atoms with Crippen molar-refractivity contribution in [2.24, 2.45) is 22.2 Å². The number of nitrogens with one attached hydrogen (secondary N) is 1. The molecule has 15 heavy (non-hydrogen) atoms. The summed E-state index contributed by atoms with van der Waals surface area (Å²) in [7, 11) is 2.19. The summed E-state index contributed by atoms with van der Waals surface area (Å²) in [6, 6.07) is 0.785. The predicted molar refractivity (Wildman–Crippen MR) is 63.7 cm³/mol. The Hall–Kier alpha value is -0.0400. The van der Waals surface area contributed by atoms with E-state index in [0.29, 0.717) is 16.2 Å². The summed E-state index contributed by atoms with van der Waals surface area (Å²) in [6.07, 6.45) is 7.38. The van der Waals surface area contributed by atoms with Gasteiger partial charge in [0.1, 0.15) is 0 Å². The number of hydrogen-bond acceptors (Lipinski definition) is 1. The molecule has 1 spiro atoms. The molecule has 1 N–H and O–H groups in total. The normalized spacial score (nSPS) is 49.6. The van der Waals surface area contributed by atoms with Crippen LogP contribution in [0.25, 0.3) is 0 Å². The summed E-state index contributed by atoms with van der Waals surface area (Å²) >= 11 is 0. The van der Waals surface area contributed by atoms with Crippen molar-refractivity contribution < 1.29 is 0 Å². The largest absolute Gasteiger partial charge is 0.316 e. The van der Waals surface area contributed by atoms with Crippen molar-refractivity contribution in [1.29, 1.82) is 0 Å². The van der Waals surface area contributed by atoms with Crippen LogP contribution >= 0.6 is 0 Å². The van der Waals surface area contributed by atoms with E-state index < -0.39 is 0 Å². The summed E-state index contributed by atoms with van der Waals surface area (Å²) in [6.45, 7) is 7.60. The molecule has 0 amide bonds. The summed E-state index contributed by atoms with van der Waals surface area (Å²) in [5, 5.41) is 3.68. The van der Waals surface area contributed by atoms with Gasteiger partial charge in [-0.1, -0.05) is 27.2 Å². The molecule has 3 saturated carbocycles. The van der Waals surface area contributed by atoms with Gasteiger partial charge in [-0.15, -0.1) is 0 Å². The van der Waals surface area contributed by atoms with E-state index in [9.17, 15) is 0 Å². The average Bonchev–Trinajstić information content (AvgIpc) is 2.42. The van der Waals surface area contributed by atoms with E-state index in [0.717, 1.165) is 12.0 Å². The zero-order valence-corrected chi connectivity index (χ0v) is 10.7. The molecule has 0 radical (unpaired) electrons. The molecule has 0 unspecified atom stereocenters. The molecule has 1 nitrogen and oxygen atoms in total. The minimum atomic E-state index is 0.548. The van der Waals surface area contributed by atoms with Crippen molar-refractivity contribution >= 4 is 0 Å². The molecule has 1 heteroatoms. The van der Waals surface area contributed by atoms with Crippen LogP contribution < -0.4 is 5.32 Å². The van der Waals surface area contributed by atoms with E-state index >= 15 is 0 Å². The smallest absolute Gasteiger partial charge is 0.0182 e. The molecule has 0 aromatic rings. The van der Waals surface area contributed by atoms with Crippen LogP contribution in [0.15, 0.2) is 0 Å². The van der Waals surface area contributed by atoms with Crippen molar-refractivity contribution in [3.8, 4) is 0 Å². The predicted octanol–water partition coefficient (Wildman–Crippen LogP) is 3.20. The molecule has 3 aliphatic carbocycles. The molecule has 3 aliphatic rings. The van der Waals surface area contributed by atoms with Gasteiger partial charge in [0.15, 0.2) is 0 Å². The van der Waals surface area contributed by atoms with Gasteiger partial charge in [0.2, 0.25) is 0 Å². The van der Waals surface area contributed by atoms with E-state index in [2.05, 4.69) is 33.1 Å². The highest BCUT2D eigenvalue weighted by Crippen LogP contribution is 2.76. The molecule has 0 saturated heterocycles. The third-order valence-corrected chi connectivity index (χ3v) is 6.77. The molecular weight excluding hydrogens is 182 g/mol. The Kier molecular flexibility index (Phi) is 1.77.